The highest BCUT2D eigenvalue weighted by atomic mass is 16.6. The van der Waals surface area contributed by atoms with E-state index in [1.165, 1.54) is 18.5 Å². The number of hydrogen-bond donors (Lipinski definition) is 2. The van der Waals surface area contributed by atoms with Crippen LogP contribution in [0.3, 0.4) is 0 Å². The highest BCUT2D eigenvalue weighted by Crippen LogP contribution is 2.27. The van der Waals surface area contributed by atoms with Crippen molar-refractivity contribution in [2.75, 3.05) is 11.9 Å². The van der Waals surface area contributed by atoms with Gasteiger partial charge in [-0.15, -0.1) is 0 Å². The van der Waals surface area contributed by atoms with E-state index in [1.54, 1.807) is 0 Å². The molecule has 0 radical (unpaired) electrons. The number of rotatable bonds is 7. The summed E-state index contributed by atoms with van der Waals surface area (Å²) in [6.45, 7) is 4.43. The Bertz CT molecular complexity index is 994. The third-order valence-electron chi connectivity index (χ3n) is 3.84. The Kier molecular flexibility index (Phi) is 4.92. The maximum absolute atomic E-state index is 11.8. The van der Waals surface area contributed by atoms with Gasteiger partial charge in [-0.2, -0.15) is 4.98 Å². The number of aryl methyl sites for hydroxylation is 1. The molecule has 2 aromatic heterocycles. The van der Waals surface area contributed by atoms with Crippen LogP contribution in [0.4, 0.5) is 11.4 Å². The van der Waals surface area contributed by atoms with Crippen molar-refractivity contribution in [3.63, 3.8) is 0 Å². The van der Waals surface area contributed by atoms with Gasteiger partial charge >= 0.3 is 0 Å². The van der Waals surface area contributed by atoms with Crippen LogP contribution in [0, 0.1) is 10.1 Å². The molecule has 10 nitrogen and oxygen atoms in total. The van der Waals surface area contributed by atoms with Crippen molar-refractivity contribution in [2.45, 2.75) is 32.6 Å². The van der Waals surface area contributed by atoms with Crippen LogP contribution >= 0.6 is 0 Å². The van der Waals surface area contributed by atoms with Crippen molar-refractivity contribution in [3.8, 4) is 0 Å². The number of aromatic amines is 1. The van der Waals surface area contributed by atoms with Gasteiger partial charge < -0.3 is 14.8 Å². The molecule has 2 heterocycles. The molecule has 0 fully saturated rings. The van der Waals surface area contributed by atoms with Crippen LogP contribution in [0.15, 0.2) is 27.8 Å². The summed E-state index contributed by atoms with van der Waals surface area (Å²) in [7, 11) is 0. The number of nitrogens with one attached hydrogen (secondary N) is 2. The number of H-pyrrole nitrogens is 1. The molecule has 0 bridgehead atoms. The first kappa shape index (κ1) is 17.5. The molecular formula is C16H18N6O4. The number of benzene rings is 1. The fourth-order valence-electron chi connectivity index (χ4n) is 2.46. The Morgan fingerprint density at radius 1 is 1.38 bits per heavy atom. The number of aromatic nitrogens is 4. The molecular weight excluding hydrogens is 340 g/mol. The van der Waals surface area contributed by atoms with E-state index in [-0.39, 0.29) is 17.0 Å². The summed E-state index contributed by atoms with van der Waals surface area (Å²) in [4.78, 5) is 33.3. The highest BCUT2D eigenvalue weighted by molar-refractivity contribution is 5.86. The van der Waals surface area contributed by atoms with E-state index in [9.17, 15) is 14.9 Å². The number of nitrogens with zero attached hydrogens (tertiary/aromatic N) is 4. The summed E-state index contributed by atoms with van der Waals surface area (Å²) in [5.41, 5.74) is 0.118. The first-order valence-corrected chi connectivity index (χ1v) is 8.18. The van der Waals surface area contributed by atoms with E-state index in [0.29, 0.717) is 42.3 Å². The van der Waals surface area contributed by atoms with Gasteiger partial charge in [0.2, 0.25) is 5.89 Å². The third-order valence-corrected chi connectivity index (χ3v) is 3.84. The summed E-state index contributed by atoms with van der Waals surface area (Å²) < 4.78 is 5.17. The smallest absolute Gasteiger partial charge is 0.293 e. The van der Waals surface area contributed by atoms with E-state index < -0.39 is 10.5 Å². The minimum atomic E-state index is -0.527. The van der Waals surface area contributed by atoms with E-state index in [4.69, 9.17) is 4.52 Å². The predicted molar refractivity (Wildman–Crippen MR) is 94.2 cm³/mol. The Morgan fingerprint density at radius 3 is 2.88 bits per heavy atom. The van der Waals surface area contributed by atoms with Crippen molar-refractivity contribution < 1.29 is 9.45 Å². The molecule has 0 amide bonds. The standard InChI is InChI=1S/C16H18N6O4/c1-9(2)15-20-14(26-21-15)4-3-5-17-12-7-11-10(6-13(12)22(24)25)16(23)19-8-18-11/h6-9,17H,3-5H2,1-2H3,(H,18,19,23). The number of nitro groups is 1. The van der Waals surface area contributed by atoms with Crippen molar-refractivity contribution in [1.29, 1.82) is 0 Å². The molecule has 136 valence electrons. The largest absolute Gasteiger partial charge is 0.379 e. The van der Waals surface area contributed by atoms with E-state index >= 15 is 0 Å². The lowest BCUT2D eigenvalue weighted by Crippen LogP contribution is -2.09. The van der Waals surface area contributed by atoms with Crippen LogP contribution in [0.25, 0.3) is 10.9 Å². The number of fused-ring (bicyclic) bond motifs is 1. The van der Waals surface area contributed by atoms with Crippen molar-refractivity contribution in [1.82, 2.24) is 20.1 Å². The quantitative estimate of drug-likeness (QED) is 0.373. The molecule has 0 aliphatic heterocycles. The van der Waals surface area contributed by atoms with E-state index in [1.807, 2.05) is 13.8 Å². The average Bonchev–Trinajstić information content (AvgIpc) is 3.07. The number of hydrogen-bond acceptors (Lipinski definition) is 8. The van der Waals surface area contributed by atoms with Crippen LogP contribution in [-0.2, 0) is 6.42 Å². The van der Waals surface area contributed by atoms with Gasteiger partial charge in [0.15, 0.2) is 5.82 Å². The third kappa shape index (κ3) is 3.68. The van der Waals surface area contributed by atoms with Gasteiger partial charge in [-0.05, 0) is 12.5 Å². The fourth-order valence-corrected chi connectivity index (χ4v) is 2.46. The van der Waals surface area contributed by atoms with Gasteiger partial charge in [-0.3, -0.25) is 14.9 Å². The van der Waals surface area contributed by atoms with Gasteiger partial charge in [0.1, 0.15) is 5.69 Å². The van der Waals surface area contributed by atoms with E-state index in [0.717, 1.165) is 0 Å². The second-order valence-corrected chi connectivity index (χ2v) is 6.11. The summed E-state index contributed by atoms with van der Waals surface area (Å²) in [5.74, 6) is 1.40. The molecule has 0 aliphatic rings. The summed E-state index contributed by atoms with van der Waals surface area (Å²) in [6, 6.07) is 2.74. The van der Waals surface area contributed by atoms with Crippen molar-refractivity contribution in [3.05, 3.63) is 50.6 Å². The monoisotopic (exact) mass is 358 g/mol. The molecule has 0 spiro atoms. The average molecular weight is 358 g/mol. The molecule has 3 rings (SSSR count). The first-order valence-electron chi connectivity index (χ1n) is 8.18. The maximum atomic E-state index is 11.8. The van der Waals surface area contributed by atoms with Crippen molar-refractivity contribution in [2.24, 2.45) is 0 Å². The molecule has 2 N–H and O–H groups in total. The molecule has 1 aromatic carbocycles. The SMILES string of the molecule is CC(C)c1noc(CCCNc2cc3nc[nH]c(=O)c3cc2[N+](=O)[O-])n1. The zero-order valence-electron chi connectivity index (χ0n) is 14.4. The lowest BCUT2D eigenvalue weighted by atomic mass is 10.2. The van der Waals surface area contributed by atoms with Crippen LogP contribution < -0.4 is 10.9 Å². The van der Waals surface area contributed by atoms with Gasteiger partial charge in [-0.25, -0.2) is 4.98 Å². The first-order chi connectivity index (χ1) is 12.5. The Labute approximate surface area is 147 Å². The molecule has 0 saturated heterocycles. The minimum absolute atomic E-state index is 0.170. The zero-order chi connectivity index (χ0) is 18.7. The summed E-state index contributed by atoms with van der Waals surface area (Å²) >= 11 is 0. The Morgan fingerprint density at radius 2 is 2.19 bits per heavy atom. The van der Waals surface area contributed by atoms with E-state index in [2.05, 4.69) is 25.4 Å². The molecule has 0 aliphatic carbocycles. The number of nitro benzene ring substituents is 1. The van der Waals surface area contributed by atoms with Crippen LogP contribution in [0.5, 0.6) is 0 Å². The molecule has 10 heteroatoms. The molecule has 0 atom stereocenters. The fraction of sp³-hybridized carbons (Fsp3) is 0.375. The van der Waals surface area contributed by atoms with Crippen molar-refractivity contribution >= 4 is 22.3 Å². The topological polar surface area (TPSA) is 140 Å². The normalized spacial score (nSPS) is 11.2. The Balaban J connectivity index is 1.70. The summed E-state index contributed by atoms with van der Waals surface area (Å²) in [6.07, 6.45) is 2.48. The molecule has 0 unspecified atom stereocenters. The van der Waals surface area contributed by atoms with Crippen LogP contribution in [0.2, 0.25) is 0 Å². The van der Waals surface area contributed by atoms with Gasteiger partial charge in [0.05, 0.1) is 22.2 Å². The van der Waals surface area contributed by atoms with Gasteiger partial charge in [0.25, 0.3) is 11.2 Å². The van der Waals surface area contributed by atoms with Gasteiger partial charge in [0, 0.05) is 24.9 Å². The van der Waals surface area contributed by atoms with Crippen LogP contribution in [0.1, 0.15) is 37.9 Å². The molecule has 0 saturated carbocycles. The zero-order valence-corrected chi connectivity index (χ0v) is 14.4. The number of anilines is 1. The maximum Gasteiger partial charge on any atom is 0.293 e. The second kappa shape index (κ2) is 7.30. The Hall–Kier alpha value is -3.30. The predicted octanol–water partition coefficient (Wildman–Crippen LogP) is 2.38. The second-order valence-electron chi connectivity index (χ2n) is 6.11. The van der Waals surface area contributed by atoms with Crippen LogP contribution in [-0.4, -0.2) is 31.6 Å². The lowest BCUT2D eigenvalue weighted by Gasteiger charge is -2.07. The van der Waals surface area contributed by atoms with Gasteiger partial charge in [-0.1, -0.05) is 19.0 Å². The molecule has 26 heavy (non-hydrogen) atoms. The highest BCUT2D eigenvalue weighted by Gasteiger charge is 2.17. The minimum Gasteiger partial charge on any atom is -0.379 e. The lowest BCUT2D eigenvalue weighted by molar-refractivity contribution is -0.383. The molecule has 3 aromatic rings. The summed E-state index contributed by atoms with van der Waals surface area (Å²) in [5, 5.41) is 18.4.